The number of carbonyl (C=O) groups excluding carboxylic acids is 1. The number of benzene rings is 1. The molecule has 0 radical (unpaired) electrons. The molecule has 2 aliphatic rings. The first-order valence-electron chi connectivity index (χ1n) is 5.17. The number of rotatable bonds is 1. The maximum Gasteiger partial charge on any atom is 0.243 e. The molecule has 1 aliphatic heterocycles. The van der Waals surface area contributed by atoms with Gasteiger partial charge in [-0.15, -0.1) is 0 Å². The van der Waals surface area contributed by atoms with Crippen LogP contribution in [0.15, 0.2) is 29.4 Å². The molecule has 78 valence electrons. The highest BCUT2D eigenvalue weighted by molar-refractivity contribution is 6.09. The minimum atomic E-state index is 0.0300. The number of nitriles is 1. The van der Waals surface area contributed by atoms with Crippen molar-refractivity contribution >= 4 is 11.6 Å². The average Bonchev–Trinajstić information content (AvgIpc) is 3.11. The van der Waals surface area contributed by atoms with Gasteiger partial charge in [0.2, 0.25) is 5.91 Å². The van der Waals surface area contributed by atoms with Crippen molar-refractivity contribution in [3.8, 4) is 6.07 Å². The maximum absolute atomic E-state index is 11.3. The Hall–Kier alpha value is -2.15. The summed E-state index contributed by atoms with van der Waals surface area (Å²) in [5, 5.41) is 12.8. The first-order chi connectivity index (χ1) is 7.79. The van der Waals surface area contributed by atoms with Gasteiger partial charge >= 0.3 is 0 Å². The molecular weight excluding hydrogens is 202 g/mol. The van der Waals surface area contributed by atoms with Crippen molar-refractivity contribution in [3.05, 3.63) is 35.4 Å². The third-order valence-corrected chi connectivity index (χ3v) is 3.07. The summed E-state index contributed by atoms with van der Waals surface area (Å²) in [4.78, 5) is 11.3. The number of nitrogens with zero attached hydrogens (tertiary/aromatic N) is 2. The van der Waals surface area contributed by atoms with Crippen molar-refractivity contribution < 1.29 is 4.79 Å². The van der Waals surface area contributed by atoms with Crippen LogP contribution >= 0.6 is 0 Å². The van der Waals surface area contributed by atoms with E-state index in [1.54, 1.807) is 12.1 Å². The molecule has 1 fully saturated rings. The van der Waals surface area contributed by atoms with Crippen molar-refractivity contribution in [1.82, 2.24) is 5.43 Å². The minimum Gasteiger partial charge on any atom is -0.273 e. The van der Waals surface area contributed by atoms with E-state index in [1.807, 2.05) is 12.1 Å². The first kappa shape index (κ1) is 9.10. The second kappa shape index (κ2) is 3.17. The Balaban J connectivity index is 1.93. The molecule has 0 bridgehead atoms. The van der Waals surface area contributed by atoms with Crippen molar-refractivity contribution in [3.63, 3.8) is 0 Å². The Morgan fingerprint density at radius 1 is 1.31 bits per heavy atom. The van der Waals surface area contributed by atoms with Gasteiger partial charge in [-0.1, -0.05) is 12.1 Å². The zero-order chi connectivity index (χ0) is 11.1. The lowest BCUT2D eigenvalue weighted by atomic mass is 10.0. The molecule has 1 N–H and O–H groups in total. The fourth-order valence-corrected chi connectivity index (χ4v) is 2.06. The molecule has 3 rings (SSSR count). The van der Waals surface area contributed by atoms with Crippen molar-refractivity contribution in [1.29, 1.82) is 5.26 Å². The van der Waals surface area contributed by atoms with Crippen LogP contribution in [0, 0.1) is 23.2 Å². The van der Waals surface area contributed by atoms with E-state index in [2.05, 4.69) is 16.6 Å². The molecule has 0 aromatic heterocycles. The van der Waals surface area contributed by atoms with Crippen molar-refractivity contribution in [2.24, 2.45) is 16.9 Å². The fourth-order valence-electron chi connectivity index (χ4n) is 2.06. The zero-order valence-corrected chi connectivity index (χ0v) is 8.47. The van der Waals surface area contributed by atoms with Gasteiger partial charge in [0.15, 0.2) is 0 Å². The third-order valence-electron chi connectivity index (χ3n) is 3.07. The van der Waals surface area contributed by atoms with Crippen LogP contribution in [0.25, 0.3) is 0 Å². The second-order valence-corrected chi connectivity index (χ2v) is 4.11. The summed E-state index contributed by atoms with van der Waals surface area (Å²) in [6.07, 6.45) is 0.894. The highest BCUT2D eigenvalue weighted by atomic mass is 16.2. The highest BCUT2D eigenvalue weighted by Gasteiger charge is 2.49. The summed E-state index contributed by atoms with van der Waals surface area (Å²) < 4.78 is 0. The Kier molecular flexibility index (Phi) is 1.80. The van der Waals surface area contributed by atoms with E-state index in [0.717, 1.165) is 17.7 Å². The molecule has 1 amide bonds. The van der Waals surface area contributed by atoms with Gasteiger partial charge in [0, 0.05) is 11.8 Å². The number of hydrogen-bond acceptors (Lipinski definition) is 3. The van der Waals surface area contributed by atoms with Gasteiger partial charge in [-0.25, -0.2) is 5.43 Å². The van der Waals surface area contributed by atoms with Gasteiger partial charge in [-0.3, -0.25) is 4.79 Å². The number of hydrazone groups is 1. The Bertz CT molecular complexity index is 524. The van der Waals surface area contributed by atoms with Gasteiger partial charge in [0.25, 0.3) is 0 Å². The van der Waals surface area contributed by atoms with Gasteiger partial charge < -0.3 is 0 Å². The van der Waals surface area contributed by atoms with Crippen LogP contribution in [0.2, 0.25) is 0 Å². The van der Waals surface area contributed by atoms with E-state index >= 15 is 0 Å². The zero-order valence-electron chi connectivity index (χ0n) is 8.47. The van der Waals surface area contributed by atoms with E-state index in [-0.39, 0.29) is 17.7 Å². The van der Waals surface area contributed by atoms with Gasteiger partial charge in [-0.2, -0.15) is 10.4 Å². The van der Waals surface area contributed by atoms with E-state index < -0.39 is 0 Å². The Labute approximate surface area is 92.6 Å². The smallest absolute Gasteiger partial charge is 0.243 e. The summed E-state index contributed by atoms with van der Waals surface area (Å²) in [5.74, 6) is 0.423. The maximum atomic E-state index is 11.3. The molecule has 4 heteroatoms. The van der Waals surface area contributed by atoms with Crippen molar-refractivity contribution in [2.45, 2.75) is 6.42 Å². The molecule has 1 aromatic rings. The van der Waals surface area contributed by atoms with Crippen LogP contribution in [0.1, 0.15) is 17.5 Å². The fraction of sp³-hybridized carbons (Fsp3) is 0.250. The molecule has 0 saturated heterocycles. The number of hydrogen-bond donors (Lipinski definition) is 1. The monoisotopic (exact) mass is 211 g/mol. The van der Waals surface area contributed by atoms with Gasteiger partial charge in [0.05, 0.1) is 17.3 Å². The Morgan fingerprint density at radius 2 is 2.06 bits per heavy atom. The van der Waals surface area contributed by atoms with E-state index in [1.165, 1.54) is 0 Å². The molecule has 16 heavy (non-hydrogen) atoms. The molecule has 0 spiro atoms. The average molecular weight is 211 g/mol. The summed E-state index contributed by atoms with van der Waals surface area (Å²) in [6, 6.07) is 9.37. The molecule has 2 atom stereocenters. The predicted octanol–water partition coefficient (Wildman–Crippen LogP) is 1.03. The van der Waals surface area contributed by atoms with E-state index in [9.17, 15) is 4.79 Å². The summed E-state index contributed by atoms with van der Waals surface area (Å²) in [5.41, 5.74) is 5.10. The van der Waals surface area contributed by atoms with Gasteiger partial charge in [-0.05, 0) is 24.1 Å². The van der Waals surface area contributed by atoms with E-state index in [0.29, 0.717) is 5.56 Å². The number of carbonyl (C=O) groups is 1. The lowest BCUT2D eigenvalue weighted by Crippen LogP contribution is -2.28. The molecular formula is C12H9N3O. The standard InChI is InChI=1S/C12H9N3O/c13-6-7-1-3-8(4-2-7)11-9-5-10(9)12(16)15-14-11/h1-4,9-10H,5H2,(H,15,16). The summed E-state index contributed by atoms with van der Waals surface area (Å²) >= 11 is 0. The molecule has 1 aliphatic carbocycles. The molecule has 1 saturated carbocycles. The molecule has 2 unspecified atom stereocenters. The molecule has 4 nitrogen and oxygen atoms in total. The number of fused-ring (bicyclic) bond motifs is 1. The van der Waals surface area contributed by atoms with Crippen molar-refractivity contribution in [2.75, 3.05) is 0 Å². The van der Waals surface area contributed by atoms with Crippen LogP contribution in [0.4, 0.5) is 0 Å². The van der Waals surface area contributed by atoms with Gasteiger partial charge in [0.1, 0.15) is 0 Å². The topological polar surface area (TPSA) is 65.2 Å². The van der Waals surface area contributed by atoms with Crippen LogP contribution in [0.3, 0.4) is 0 Å². The van der Waals surface area contributed by atoms with Crippen LogP contribution in [0.5, 0.6) is 0 Å². The second-order valence-electron chi connectivity index (χ2n) is 4.11. The lowest BCUT2D eigenvalue weighted by Gasteiger charge is -2.11. The largest absolute Gasteiger partial charge is 0.273 e. The molecule has 1 aromatic carbocycles. The highest BCUT2D eigenvalue weighted by Crippen LogP contribution is 2.43. The third kappa shape index (κ3) is 1.29. The molecule has 1 heterocycles. The number of nitrogens with one attached hydrogen (secondary N) is 1. The van der Waals surface area contributed by atoms with Crippen LogP contribution in [-0.2, 0) is 4.79 Å². The first-order valence-corrected chi connectivity index (χ1v) is 5.17. The quantitative estimate of drug-likeness (QED) is 0.753. The Morgan fingerprint density at radius 3 is 2.75 bits per heavy atom. The summed E-state index contributed by atoms with van der Waals surface area (Å²) in [7, 11) is 0. The van der Waals surface area contributed by atoms with E-state index in [4.69, 9.17) is 5.26 Å². The SMILES string of the molecule is N#Cc1ccc(C2=NNC(=O)C3CC23)cc1. The predicted molar refractivity (Wildman–Crippen MR) is 57.4 cm³/mol. The summed E-state index contributed by atoms with van der Waals surface area (Å²) in [6.45, 7) is 0. The normalized spacial score (nSPS) is 26.2. The number of amides is 1. The lowest BCUT2D eigenvalue weighted by molar-refractivity contribution is -0.122. The van der Waals surface area contributed by atoms with Crippen LogP contribution in [-0.4, -0.2) is 11.6 Å². The van der Waals surface area contributed by atoms with Crippen LogP contribution < -0.4 is 5.43 Å². The minimum absolute atomic E-state index is 0.0300.